The Bertz CT molecular complexity index is 327. The first-order chi connectivity index (χ1) is 5.68. The van der Waals surface area contributed by atoms with Gasteiger partial charge in [-0.05, 0) is 34.7 Å². The van der Waals surface area contributed by atoms with Crippen LogP contribution in [0.15, 0.2) is 12.1 Å². The van der Waals surface area contributed by atoms with Crippen LogP contribution in [0.2, 0.25) is 0 Å². The lowest BCUT2D eigenvalue weighted by atomic mass is 10.1. The van der Waals surface area contributed by atoms with Crippen molar-refractivity contribution < 1.29 is 9.84 Å². The zero-order chi connectivity index (χ0) is 8.72. The predicted molar refractivity (Wildman–Crippen MR) is 53.2 cm³/mol. The average Bonchev–Trinajstić information content (AvgIpc) is 2.35. The Morgan fingerprint density at radius 2 is 2.33 bits per heavy atom. The van der Waals surface area contributed by atoms with E-state index in [1.165, 1.54) is 0 Å². The van der Waals surface area contributed by atoms with Gasteiger partial charge in [0.25, 0.3) is 0 Å². The van der Waals surface area contributed by atoms with Gasteiger partial charge < -0.3 is 15.6 Å². The fraction of sp³-hybridized carbons (Fsp3) is 0.250. The summed E-state index contributed by atoms with van der Waals surface area (Å²) in [6.07, 6.45) is 0. The molecule has 0 saturated heterocycles. The third-order valence-electron chi connectivity index (χ3n) is 1.90. The van der Waals surface area contributed by atoms with Crippen molar-refractivity contribution >= 4 is 22.6 Å². The molecule has 0 aromatic heterocycles. The highest BCUT2D eigenvalue weighted by molar-refractivity contribution is 14.1. The molecule has 1 atom stereocenters. The number of benzene rings is 1. The van der Waals surface area contributed by atoms with Crippen LogP contribution in [0.25, 0.3) is 0 Å². The summed E-state index contributed by atoms with van der Waals surface area (Å²) < 4.78 is 6.10. The van der Waals surface area contributed by atoms with E-state index in [9.17, 15) is 5.11 Å². The van der Waals surface area contributed by atoms with Crippen LogP contribution >= 0.6 is 22.6 Å². The molecule has 0 aliphatic carbocycles. The van der Waals surface area contributed by atoms with E-state index in [4.69, 9.17) is 10.5 Å². The number of hydrogen-bond acceptors (Lipinski definition) is 3. The molecule has 0 radical (unpaired) electrons. The van der Waals surface area contributed by atoms with Gasteiger partial charge in [-0.15, -0.1) is 0 Å². The monoisotopic (exact) mass is 277 g/mol. The first-order valence-electron chi connectivity index (χ1n) is 3.59. The predicted octanol–water partition coefficient (Wildman–Crippen LogP) is 1.39. The van der Waals surface area contributed by atoms with Crippen molar-refractivity contribution in [2.75, 3.05) is 6.61 Å². The number of fused-ring (bicyclic) bond motifs is 1. The van der Waals surface area contributed by atoms with E-state index in [0.717, 1.165) is 14.9 Å². The van der Waals surface area contributed by atoms with Crippen LogP contribution in [-0.4, -0.2) is 11.7 Å². The topological polar surface area (TPSA) is 55.5 Å². The molecule has 0 spiro atoms. The number of rotatable bonds is 0. The maximum absolute atomic E-state index is 9.38. The van der Waals surface area contributed by atoms with Gasteiger partial charge in [-0.2, -0.15) is 0 Å². The Morgan fingerprint density at radius 1 is 1.58 bits per heavy atom. The Hall–Kier alpha value is -0.490. The largest absolute Gasteiger partial charge is 0.507 e. The molecule has 1 aromatic carbocycles. The smallest absolute Gasteiger partial charge is 0.129 e. The van der Waals surface area contributed by atoms with Gasteiger partial charge in [-0.1, -0.05) is 0 Å². The summed E-state index contributed by atoms with van der Waals surface area (Å²) in [5, 5.41) is 9.38. The van der Waals surface area contributed by atoms with Crippen LogP contribution in [0.5, 0.6) is 11.5 Å². The van der Waals surface area contributed by atoms with Gasteiger partial charge in [0.2, 0.25) is 0 Å². The molecular weight excluding hydrogens is 269 g/mol. The van der Waals surface area contributed by atoms with Crippen LogP contribution in [0.1, 0.15) is 11.6 Å². The lowest BCUT2D eigenvalue weighted by Gasteiger charge is -2.02. The first-order valence-corrected chi connectivity index (χ1v) is 4.67. The van der Waals surface area contributed by atoms with Gasteiger partial charge in [-0.25, -0.2) is 0 Å². The molecule has 0 unspecified atom stereocenters. The summed E-state index contributed by atoms with van der Waals surface area (Å²) in [5.41, 5.74) is 6.62. The summed E-state index contributed by atoms with van der Waals surface area (Å²) in [4.78, 5) is 0. The third-order valence-corrected chi connectivity index (χ3v) is 2.76. The lowest BCUT2D eigenvalue weighted by molar-refractivity contribution is 0.333. The summed E-state index contributed by atoms with van der Waals surface area (Å²) in [6, 6.07) is 3.38. The minimum Gasteiger partial charge on any atom is -0.507 e. The van der Waals surface area contributed by atoms with Gasteiger partial charge in [0.1, 0.15) is 18.1 Å². The second kappa shape index (κ2) is 2.77. The molecule has 64 valence electrons. The molecule has 2 rings (SSSR count). The van der Waals surface area contributed by atoms with E-state index >= 15 is 0 Å². The molecule has 0 saturated carbocycles. The van der Waals surface area contributed by atoms with Crippen LogP contribution < -0.4 is 10.5 Å². The second-order valence-electron chi connectivity index (χ2n) is 2.76. The van der Waals surface area contributed by atoms with Crippen molar-refractivity contribution in [3.05, 3.63) is 21.3 Å². The molecule has 3 N–H and O–H groups in total. The van der Waals surface area contributed by atoms with Gasteiger partial charge in [0.15, 0.2) is 0 Å². The standard InChI is InChI=1S/C8H8INO2/c9-5-2-8-4(1-7(5)11)6(10)3-12-8/h1-2,6,11H,3,10H2/t6-/m0/s1. The van der Waals surface area contributed by atoms with Crippen molar-refractivity contribution in [1.29, 1.82) is 0 Å². The van der Waals surface area contributed by atoms with Crippen molar-refractivity contribution in [1.82, 2.24) is 0 Å². The summed E-state index contributed by atoms with van der Waals surface area (Å²) >= 11 is 2.05. The van der Waals surface area contributed by atoms with Crippen LogP contribution in [0, 0.1) is 3.57 Å². The average molecular weight is 277 g/mol. The number of aromatic hydroxyl groups is 1. The molecule has 1 heterocycles. The molecule has 1 aliphatic rings. The fourth-order valence-corrected chi connectivity index (χ4v) is 1.68. The minimum absolute atomic E-state index is 0.0945. The number of phenolic OH excluding ortho intramolecular Hbond substituents is 1. The molecule has 4 heteroatoms. The van der Waals surface area contributed by atoms with Gasteiger partial charge in [0, 0.05) is 5.56 Å². The minimum atomic E-state index is -0.0945. The molecule has 1 aliphatic heterocycles. The number of nitrogens with two attached hydrogens (primary N) is 1. The highest BCUT2D eigenvalue weighted by Gasteiger charge is 2.21. The summed E-state index contributed by atoms with van der Waals surface area (Å²) in [7, 11) is 0. The molecule has 3 nitrogen and oxygen atoms in total. The van der Waals surface area contributed by atoms with Gasteiger partial charge in [-0.3, -0.25) is 0 Å². The van der Waals surface area contributed by atoms with Gasteiger partial charge >= 0.3 is 0 Å². The van der Waals surface area contributed by atoms with E-state index in [1.54, 1.807) is 12.1 Å². The van der Waals surface area contributed by atoms with Crippen LogP contribution in [0.4, 0.5) is 0 Å². The third kappa shape index (κ3) is 1.15. The molecule has 0 amide bonds. The van der Waals surface area contributed by atoms with Gasteiger partial charge in [0.05, 0.1) is 9.61 Å². The summed E-state index contributed by atoms with van der Waals surface area (Å²) in [5.74, 6) is 1.07. The normalized spacial score (nSPS) is 20.3. The van der Waals surface area contributed by atoms with E-state index < -0.39 is 0 Å². The summed E-state index contributed by atoms with van der Waals surface area (Å²) in [6.45, 7) is 0.509. The molecule has 0 bridgehead atoms. The van der Waals surface area contributed by atoms with Crippen molar-refractivity contribution in [3.63, 3.8) is 0 Å². The molecule has 12 heavy (non-hydrogen) atoms. The van der Waals surface area contributed by atoms with Crippen molar-refractivity contribution in [2.24, 2.45) is 5.73 Å². The zero-order valence-corrected chi connectivity index (χ0v) is 8.41. The SMILES string of the molecule is N[C@H]1COc2cc(I)c(O)cc21. The number of hydrogen-bond donors (Lipinski definition) is 2. The lowest BCUT2D eigenvalue weighted by Crippen LogP contribution is -2.10. The Morgan fingerprint density at radius 3 is 3.08 bits per heavy atom. The second-order valence-corrected chi connectivity index (χ2v) is 3.92. The Labute approximate surface area is 83.7 Å². The fourth-order valence-electron chi connectivity index (χ4n) is 1.24. The number of phenols is 1. The quantitative estimate of drug-likeness (QED) is 0.704. The maximum Gasteiger partial charge on any atom is 0.129 e. The van der Waals surface area contributed by atoms with Crippen LogP contribution in [0.3, 0.4) is 0 Å². The van der Waals surface area contributed by atoms with Crippen LogP contribution in [-0.2, 0) is 0 Å². The number of ether oxygens (including phenoxy) is 1. The Balaban J connectivity index is 2.56. The number of halogens is 1. The van der Waals surface area contributed by atoms with Crippen molar-refractivity contribution in [3.8, 4) is 11.5 Å². The highest BCUT2D eigenvalue weighted by Crippen LogP contribution is 2.36. The zero-order valence-electron chi connectivity index (χ0n) is 6.25. The van der Waals surface area contributed by atoms with E-state index in [2.05, 4.69) is 22.6 Å². The molecule has 1 aromatic rings. The Kier molecular flexibility index (Phi) is 1.88. The first kappa shape index (κ1) is 8.12. The van der Waals surface area contributed by atoms with E-state index in [0.29, 0.717) is 6.61 Å². The highest BCUT2D eigenvalue weighted by atomic mass is 127. The van der Waals surface area contributed by atoms with E-state index in [1.807, 2.05) is 0 Å². The maximum atomic E-state index is 9.38. The molecule has 0 fully saturated rings. The molecular formula is C8H8INO2. The van der Waals surface area contributed by atoms with E-state index in [-0.39, 0.29) is 11.8 Å². The van der Waals surface area contributed by atoms with Crippen molar-refractivity contribution in [2.45, 2.75) is 6.04 Å².